The molecule has 2 amide bonds. The first-order chi connectivity index (χ1) is 24.3. The number of aliphatic hydroxyl groups is 1. The minimum absolute atomic E-state index is 0.00201. The molecule has 13 heteroatoms. The minimum Gasteiger partial charge on any atom is -0.389 e. The molecule has 5 rings (SSSR count). The maximum atomic E-state index is 13.9. The van der Waals surface area contributed by atoms with Gasteiger partial charge in [-0.3, -0.25) is 13.9 Å². The van der Waals surface area contributed by atoms with E-state index in [0.29, 0.717) is 11.3 Å². The first-order valence-electron chi connectivity index (χ1n) is 15.9. The Labute approximate surface area is 296 Å². The maximum absolute atomic E-state index is 13.9. The van der Waals surface area contributed by atoms with Crippen molar-refractivity contribution in [3.63, 3.8) is 0 Å². The Bertz CT molecular complexity index is 2170. The third kappa shape index (κ3) is 9.45. The number of carbonyl (C=O) groups excluding carboxylic acids is 2. The van der Waals surface area contributed by atoms with Crippen molar-refractivity contribution < 1.29 is 27.5 Å². The predicted octanol–water partition coefficient (Wildman–Crippen LogP) is 4.29. The van der Waals surface area contributed by atoms with Gasteiger partial charge in [0, 0.05) is 23.7 Å². The van der Waals surface area contributed by atoms with Crippen molar-refractivity contribution in [3.05, 3.63) is 137 Å². The van der Waals surface area contributed by atoms with E-state index in [2.05, 4.69) is 26.9 Å². The second-order valence-electron chi connectivity index (χ2n) is 12.2. The number of sulfonamides is 1. The van der Waals surface area contributed by atoms with Crippen molar-refractivity contribution in [2.75, 3.05) is 17.6 Å². The van der Waals surface area contributed by atoms with Crippen LogP contribution in [-0.2, 0) is 23.0 Å². The average Bonchev–Trinajstić information content (AvgIpc) is 3.58. The Balaban J connectivity index is 1.43. The number of amides is 2. The van der Waals surface area contributed by atoms with Crippen molar-refractivity contribution >= 4 is 27.5 Å². The highest BCUT2D eigenvalue weighted by Crippen LogP contribution is 2.23. The topological polar surface area (TPSA) is 147 Å². The summed E-state index contributed by atoms with van der Waals surface area (Å²) in [4.78, 5) is 27.4. The first kappa shape index (κ1) is 36.4. The largest absolute Gasteiger partial charge is 0.389 e. The smallest absolute Gasteiger partial charge is 0.252 e. The Morgan fingerprint density at radius 3 is 2.25 bits per heavy atom. The van der Waals surface area contributed by atoms with E-state index in [0.717, 1.165) is 27.3 Å². The number of hydrogen-bond acceptors (Lipinski definition) is 7. The van der Waals surface area contributed by atoms with Crippen molar-refractivity contribution in [1.82, 2.24) is 25.6 Å². The molecule has 0 bridgehead atoms. The van der Waals surface area contributed by atoms with E-state index in [1.807, 2.05) is 61.5 Å². The Kier molecular flexibility index (Phi) is 11.3. The van der Waals surface area contributed by atoms with Gasteiger partial charge in [0.2, 0.25) is 10.0 Å². The number of aromatic nitrogens is 3. The van der Waals surface area contributed by atoms with Gasteiger partial charge in [-0.15, -0.1) is 11.5 Å². The van der Waals surface area contributed by atoms with Gasteiger partial charge in [-0.1, -0.05) is 77.4 Å². The van der Waals surface area contributed by atoms with E-state index < -0.39 is 45.8 Å². The van der Waals surface area contributed by atoms with Crippen LogP contribution in [-0.4, -0.2) is 65.8 Å². The summed E-state index contributed by atoms with van der Waals surface area (Å²) >= 11 is 0. The Morgan fingerprint density at radius 2 is 1.63 bits per heavy atom. The van der Waals surface area contributed by atoms with Crippen LogP contribution in [0.5, 0.6) is 0 Å². The molecule has 262 valence electrons. The van der Waals surface area contributed by atoms with Gasteiger partial charge in [0.1, 0.15) is 17.6 Å². The van der Waals surface area contributed by atoms with Crippen LogP contribution in [0.1, 0.15) is 43.4 Å². The number of terminal acetylenes is 1. The van der Waals surface area contributed by atoms with Crippen LogP contribution in [0.15, 0.2) is 103 Å². The highest BCUT2D eigenvalue weighted by molar-refractivity contribution is 7.92. The summed E-state index contributed by atoms with van der Waals surface area (Å²) in [5, 5.41) is 25.5. The molecular formula is C38H37FN6O5S. The quantitative estimate of drug-likeness (QED) is 0.155. The van der Waals surface area contributed by atoms with Gasteiger partial charge in [0.15, 0.2) is 0 Å². The lowest BCUT2D eigenvalue weighted by molar-refractivity contribution is 0.0779. The lowest BCUT2D eigenvalue weighted by Gasteiger charge is -2.25. The second-order valence-corrected chi connectivity index (χ2v) is 14.2. The summed E-state index contributed by atoms with van der Waals surface area (Å²) in [5.74, 6) is 0.613. The van der Waals surface area contributed by atoms with Gasteiger partial charge in [-0.05, 0) is 60.9 Å². The van der Waals surface area contributed by atoms with Crippen LogP contribution < -0.4 is 14.9 Å². The third-order valence-corrected chi connectivity index (χ3v) is 9.46. The molecule has 3 atom stereocenters. The molecule has 0 spiro atoms. The molecule has 4 aromatic carbocycles. The van der Waals surface area contributed by atoms with Crippen molar-refractivity contribution in [2.45, 2.75) is 38.1 Å². The van der Waals surface area contributed by atoms with E-state index in [-0.39, 0.29) is 29.8 Å². The lowest BCUT2D eigenvalue weighted by Crippen LogP contribution is -2.46. The number of aryl methyl sites for hydroxylation is 1. The first-order valence-corrected chi connectivity index (χ1v) is 17.8. The van der Waals surface area contributed by atoms with E-state index in [4.69, 9.17) is 6.42 Å². The van der Waals surface area contributed by atoms with Crippen LogP contribution in [0, 0.1) is 25.1 Å². The zero-order valence-electron chi connectivity index (χ0n) is 28.2. The number of carbonyl (C=O) groups is 2. The number of anilines is 1. The summed E-state index contributed by atoms with van der Waals surface area (Å²) in [5.41, 5.74) is 3.79. The van der Waals surface area contributed by atoms with Crippen molar-refractivity contribution in [1.29, 1.82) is 0 Å². The van der Waals surface area contributed by atoms with Gasteiger partial charge in [-0.25, -0.2) is 17.5 Å². The zero-order chi connectivity index (χ0) is 36.7. The second kappa shape index (κ2) is 15.8. The van der Waals surface area contributed by atoms with Gasteiger partial charge in [0.25, 0.3) is 11.8 Å². The van der Waals surface area contributed by atoms with Crippen LogP contribution in [0.25, 0.3) is 11.3 Å². The Hall–Kier alpha value is -5.84. The maximum Gasteiger partial charge on any atom is 0.252 e. The number of aliphatic hydroxyl groups excluding tert-OH is 1. The standard InChI is InChI=1S/C38H37FN6O5S/c1-5-33(27-14-16-31(39)17-15-27)40-37(47)29-20-30(22-32(21-29)44(3)51(4,49)50)38(48)41-34(19-26-11-7-6-8-12-26)36(46)24-45-23-35(42-43-45)28-13-9-10-25(2)18-28/h1,6-18,20-23,33-34,36,46H,19,24H2,2-4H3,(H,40,47)(H,41,48)/t33-,34+,36+/m1/s1. The van der Waals surface area contributed by atoms with E-state index in [1.54, 1.807) is 6.20 Å². The van der Waals surface area contributed by atoms with E-state index >= 15 is 0 Å². The molecule has 11 nitrogen and oxygen atoms in total. The van der Waals surface area contributed by atoms with Gasteiger partial charge >= 0.3 is 0 Å². The summed E-state index contributed by atoms with van der Waals surface area (Å²) in [7, 11) is -2.51. The molecule has 0 fully saturated rings. The summed E-state index contributed by atoms with van der Waals surface area (Å²) in [6, 6.07) is 24.5. The number of benzene rings is 4. The van der Waals surface area contributed by atoms with Gasteiger partial charge < -0.3 is 15.7 Å². The number of halogens is 1. The fourth-order valence-corrected chi connectivity index (χ4v) is 5.87. The summed E-state index contributed by atoms with van der Waals surface area (Å²) < 4.78 is 41.0. The summed E-state index contributed by atoms with van der Waals surface area (Å²) in [6.45, 7) is 1.97. The molecule has 0 unspecified atom stereocenters. The van der Waals surface area contributed by atoms with Crippen LogP contribution >= 0.6 is 0 Å². The molecule has 0 aliphatic rings. The fraction of sp³-hybridized carbons (Fsp3) is 0.211. The number of rotatable bonds is 13. The molecule has 0 saturated carbocycles. The predicted molar refractivity (Wildman–Crippen MR) is 193 cm³/mol. The Morgan fingerprint density at radius 1 is 0.961 bits per heavy atom. The zero-order valence-corrected chi connectivity index (χ0v) is 29.0. The SMILES string of the molecule is C#C[C@@H](NC(=O)c1cc(C(=O)N[C@@H](Cc2ccccc2)[C@@H](O)Cn2cc(-c3cccc(C)c3)nn2)cc(N(C)S(C)(=O)=O)c1)c1ccc(F)cc1. The lowest BCUT2D eigenvalue weighted by atomic mass is 10.00. The minimum atomic E-state index is -3.80. The number of nitrogens with zero attached hydrogens (tertiary/aromatic N) is 4. The van der Waals surface area contributed by atoms with E-state index in [9.17, 15) is 27.5 Å². The van der Waals surface area contributed by atoms with E-state index in [1.165, 1.54) is 54.2 Å². The highest BCUT2D eigenvalue weighted by Gasteiger charge is 2.26. The molecule has 0 radical (unpaired) electrons. The van der Waals surface area contributed by atoms with Crippen LogP contribution in [0.4, 0.5) is 10.1 Å². The third-order valence-electron chi connectivity index (χ3n) is 8.25. The average molecular weight is 709 g/mol. The molecule has 0 aliphatic heterocycles. The van der Waals surface area contributed by atoms with Crippen LogP contribution in [0.3, 0.4) is 0 Å². The molecule has 1 aromatic heterocycles. The molecule has 1 heterocycles. The van der Waals surface area contributed by atoms with Gasteiger partial charge in [-0.2, -0.15) is 0 Å². The molecule has 3 N–H and O–H groups in total. The normalized spacial score (nSPS) is 13.0. The molecule has 0 aliphatic carbocycles. The van der Waals surface area contributed by atoms with Crippen molar-refractivity contribution in [3.8, 4) is 23.6 Å². The number of nitrogens with one attached hydrogen (secondary N) is 2. The van der Waals surface area contributed by atoms with Crippen molar-refractivity contribution in [2.24, 2.45) is 0 Å². The molecule has 0 saturated heterocycles. The molecular weight excluding hydrogens is 672 g/mol. The summed E-state index contributed by atoms with van der Waals surface area (Å²) in [6.07, 6.45) is 7.48. The van der Waals surface area contributed by atoms with Crippen LogP contribution in [0.2, 0.25) is 0 Å². The molecule has 51 heavy (non-hydrogen) atoms. The fourth-order valence-electron chi connectivity index (χ4n) is 5.38. The number of hydrogen-bond donors (Lipinski definition) is 3. The van der Waals surface area contributed by atoms with Gasteiger partial charge in [0.05, 0.1) is 36.8 Å². The molecule has 5 aromatic rings. The highest BCUT2D eigenvalue weighted by atomic mass is 32.2. The monoisotopic (exact) mass is 708 g/mol.